The maximum Gasteiger partial charge on any atom is 0.175 e. The van der Waals surface area contributed by atoms with Crippen LogP contribution in [0, 0.1) is 5.41 Å². The van der Waals surface area contributed by atoms with Gasteiger partial charge >= 0.3 is 0 Å². The number of Topliss-reactive ketones (excluding diaryl/α,β-unsaturated/α-hetero) is 1. The minimum absolute atomic E-state index is 0.0557. The fraction of sp³-hybridized carbons (Fsp3) is 0.520. The third-order valence-corrected chi connectivity index (χ3v) is 6.84. The third kappa shape index (κ3) is 7.50. The van der Waals surface area contributed by atoms with Gasteiger partial charge in [-0.25, -0.2) is 8.42 Å². The van der Waals surface area contributed by atoms with Crippen molar-refractivity contribution in [2.75, 3.05) is 25.9 Å². The Kier molecular flexibility index (Phi) is 7.85. The number of likely N-dealkylation sites (tertiary alicyclic amines) is 1. The van der Waals surface area contributed by atoms with Crippen LogP contribution in [0.2, 0.25) is 0 Å². The minimum Gasteiger partial charge on any atom is -0.310 e. The molecule has 0 unspecified atom stereocenters. The molecule has 0 spiro atoms. The van der Waals surface area contributed by atoms with Gasteiger partial charge in [-0.05, 0) is 42.0 Å². The molecule has 1 fully saturated rings. The number of pyridine rings is 1. The molecule has 1 N–H and O–H groups in total. The number of sulfone groups is 1. The number of nitrogens with zero attached hydrogens (tertiary/aromatic N) is 2. The molecule has 2 heterocycles. The number of benzene rings is 1. The van der Waals surface area contributed by atoms with E-state index in [4.69, 9.17) is 0 Å². The zero-order chi connectivity index (χ0) is 23.4. The Morgan fingerprint density at radius 2 is 1.75 bits per heavy atom. The number of rotatable bonds is 8. The summed E-state index contributed by atoms with van der Waals surface area (Å²) in [4.78, 5) is 19.3. The Morgan fingerprint density at radius 3 is 2.28 bits per heavy atom. The lowest BCUT2D eigenvalue weighted by Gasteiger charge is -2.32. The van der Waals surface area contributed by atoms with Crippen LogP contribution in [0.15, 0.2) is 47.5 Å². The molecule has 1 aromatic heterocycles. The highest BCUT2D eigenvalue weighted by molar-refractivity contribution is 7.90. The van der Waals surface area contributed by atoms with Crippen LogP contribution in [0.3, 0.4) is 0 Å². The van der Waals surface area contributed by atoms with Crippen molar-refractivity contribution in [2.45, 2.75) is 57.5 Å². The fourth-order valence-corrected chi connectivity index (χ4v) is 4.66. The van der Waals surface area contributed by atoms with Crippen LogP contribution >= 0.6 is 0 Å². The Balaban J connectivity index is 1.45. The molecule has 0 atom stereocenters. The summed E-state index contributed by atoms with van der Waals surface area (Å²) in [6.45, 7) is 9.56. The Morgan fingerprint density at radius 1 is 1.09 bits per heavy atom. The first kappa shape index (κ1) is 24.6. The predicted octanol–water partition coefficient (Wildman–Crippen LogP) is 3.71. The number of hydrogen-bond donors (Lipinski definition) is 1. The van der Waals surface area contributed by atoms with Gasteiger partial charge in [0, 0.05) is 50.1 Å². The number of carbonyl (C=O) groups excluding carboxylic acids is 1. The summed E-state index contributed by atoms with van der Waals surface area (Å²) in [5, 5.41) is 3.62. The summed E-state index contributed by atoms with van der Waals surface area (Å²) in [7, 11) is -3.19. The van der Waals surface area contributed by atoms with Gasteiger partial charge in [0.15, 0.2) is 9.84 Å². The highest BCUT2D eigenvalue weighted by Crippen LogP contribution is 2.21. The van der Waals surface area contributed by atoms with Crippen molar-refractivity contribution in [3.05, 3.63) is 48.2 Å². The second-order valence-corrected chi connectivity index (χ2v) is 12.1. The molecule has 1 aromatic carbocycles. The van der Waals surface area contributed by atoms with Crippen LogP contribution in [0.5, 0.6) is 0 Å². The third-order valence-electron chi connectivity index (χ3n) is 5.71. The molecular weight excluding hydrogens is 422 g/mol. The van der Waals surface area contributed by atoms with Crippen LogP contribution in [-0.4, -0.2) is 56.0 Å². The van der Waals surface area contributed by atoms with Gasteiger partial charge in [0.05, 0.1) is 17.1 Å². The highest BCUT2D eigenvalue weighted by atomic mass is 32.2. The maximum absolute atomic E-state index is 12.2. The van der Waals surface area contributed by atoms with Gasteiger partial charge in [0.25, 0.3) is 0 Å². The molecule has 0 radical (unpaired) electrons. The van der Waals surface area contributed by atoms with Crippen molar-refractivity contribution in [1.29, 1.82) is 0 Å². The lowest BCUT2D eigenvalue weighted by atomic mass is 9.89. The van der Waals surface area contributed by atoms with E-state index < -0.39 is 9.84 Å². The molecule has 0 aliphatic carbocycles. The number of nitrogens with one attached hydrogen (secondary N) is 1. The summed E-state index contributed by atoms with van der Waals surface area (Å²) >= 11 is 0. The first-order valence-electron chi connectivity index (χ1n) is 11.2. The van der Waals surface area contributed by atoms with Crippen molar-refractivity contribution in [2.24, 2.45) is 5.41 Å². The molecule has 0 saturated carbocycles. The number of ketones is 1. The van der Waals surface area contributed by atoms with Gasteiger partial charge in [0.2, 0.25) is 0 Å². The standard InChI is InChI=1S/C25H35N3O3S/c1-25(2,3)15-22(29)18-28-13-11-21(12-14-28)26-16-19-5-10-24(27-17-19)20-6-8-23(9-7-20)32(4,30)31/h5-10,17,21,26H,11-16,18H2,1-4H3. The van der Waals surface area contributed by atoms with E-state index in [0.717, 1.165) is 49.3 Å². The molecular formula is C25H35N3O3S. The first-order valence-corrected chi connectivity index (χ1v) is 13.1. The van der Waals surface area contributed by atoms with Crippen LogP contribution in [-0.2, 0) is 21.2 Å². The highest BCUT2D eigenvalue weighted by Gasteiger charge is 2.22. The van der Waals surface area contributed by atoms with E-state index in [9.17, 15) is 13.2 Å². The van der Waals surface area contributed by atoms with Gasteiger partial charge < -0.3 is 5.32 Å². The van der Waals surface area contributed by atoms with E-state index in [1.807, 2.05) is 12.3 Å². The topological polar surface area (TPSA) is 79.4 Å². The fourth-order valence-electron chi connectivity index (χ4n) is 4.03. The maximum atomic E-state index is 12.2. The molecule has 7 heteroatoms. The molecule has 174 valence electrons. The molecule has 2 aromatic rings. The molecule has 3 rings (SSSR count). The largest absolute Gasteiger partial charge is 0.310 e. The molecule has 32 heavy (non-hydrogen) atoms. The minimum atomic E-state index is -3.19. The Hall–Kier alpha value is -2.09. The van der Waals surface area contributed by atoms with Crippen LogP contribution in [0.4, 0.5) is 0 Å². The Labute approximate surface area is 192 Å². The monoisotopic (exact) mass is 457 g/mol. The molecule has 1 aliphatic rings. The summed E-state index contributed by atoms with van der Waals surface area (Å²) in [5.41, 5.74) is 2.89. The van der Waals surface area contributed by atoms with Gasteiger partial charge in [-0.1, -0.05) is 39.0 Å². The molecule has 0 bridgehead atoms. The molecule has 0 amide bonds. The SMILES string of the molecule is CC(C)(C)CC(=O)CN1CCC(NCc2ccc(-c3ccc(S(C)(=O)=O)cc3)nc2)CC1. The molecule has 1 saturated heterocycles. The molecule has 1 aliphatic heterocycles. The van der Waals surface area contributed by atoms with E-state index in [-0.39, 0.29) is 5.41 Å². The van der Waals surface area contributed by atoms with Gasteiger partial charge in [-0.2, -0.15) is 0 Å². The van der Waals surface area contributed by atoms with Crippen LogP contribution in [0.25, 0.3) is 11.3 Å². The smallest absolute Gasteiger partial charge is 0.175 e. The summed E-state index contributed by atoms with van der Waals surface area (Å²) < 4.78 is 23.2. The normalized spacial score (nSPS) is 16.2. The summed E-state index contributed by atoms with van der Waals surface area (Å²) in [6.07, 6.45) is 5.80. The van der Waals surface area contributed by atoms with Crippen molar-refractivity contribution in [1.82, 2.24) is 15.2 Å². The van der Waals surface area contributed by atoms with E-state index in [2.05, 4.69) is 42.0 Å². The van der Waals surface area contributed by atoms with E-state index in [1.54, 1.807) is 24.3 Å². The number of carbonyl (C=O) groups is 1. The molecule has 6 nitrogen and oxygen atoms in total. The van der Waals surface area contributed by atoms with E-state index in [1.165, 1.54) is 6.26 Å². The van der Waals surface area contributed by atoms with Crippen molar-refractivity contribution in [3.63, 3.8) is 0 Å². The second kappa shape index (κ2) is 10.2. The van der Waals surface area contributed by atoms with Crippen molar-refractivity contribution in [3.8, 4) is 11.3 Å². The second-order valence-electron chi connectivity index (χ2n) is 10.1. The summed E-state index contributed by atoms with van der Waals surface area (Å²) in [6, 6.07) is 11.3. The average molecular weight is 458 g/mol. The van der Waals surface area contributed by atoms with Crippen molar-refractivity contribution < 1.29 is 13.2 Å². The van der Waals surface area contributed by atoms with E-state index >= 15 is 0 Å². The van der Waals surface area contributed by atoms with Crippen molar-refractivity contribution >= 4 is 15.6 Å². The van der Waals surface area contributed by atoms with Gasteiger partial charge in [-0.15, -0.1) is 0 Å². The number of piperidine rings is 1. The van der Waals surface area contributed by atoms with Crippen LogP contribution < -0.4 is 5.32 Å². The van der Waals surface area contributed by atoms with Crippen LogP contribution in [0.1, 0.15) is 45.6 Å². The van der Waals surface area contributed by atoms with Gasteiger partial charge in [-0.3, -0.25) is 14.7 Å². The predicted molar refractivity (Wildman–Crippen MR) is 128 cm³/mol. The Bertz CT molecular complexity index is 1000. The summed E-state index contributed by atoms with van der Waals surface area (Å²) in [5.74, 6) is 0.334. The van der Waals surface area contributed by atoms with Gasteiger partial charge in [0.1, 0.15) is 5.78 Å². The van der Waals surface area contributed by atoms with E-state index in [0.29, 0.717) is 29.7 Å². The number of aromatic nitrogens is 1. The zero-order valence-electron chi connectivity index (χ0n) is 19.6. The lowest BCUT2D eigenvalue weighted by molar-refractivity contribution is -0.122. The zero-order valence-corrected chi connectivity index (χ0v) is 20.4. The quantitative estimate of drug-likeness (QED) is 0.651. The average Bonchev–Trinajstić information content (AvgIpc) is 2.72. The number of hydrogen-bond acceptors (Lipinski definition) is 6. The lowest BCUT2D eigenvalue weighted by Crippen LogP contribution is -2.44. The first-order chi connectivity index (χ1) is 15.0.